The summed E-state index contributed by atoms with van der Waals surface area (Å²) in [5, 5.41) is 9.23. The lowest BCUT2D eigenvalue weighted by molar-refractivity contribution is 0.281. The number of hydrogen-bond acceptors (Lipinski definition) is 4. The third kappa shape index (κ3) is 3.48. The zero-order valence-electron chi connectivity index (χ0n) is 10.8. The maximum atomic E-state index is 13.0. The van der Waals surface area contributed by atoms with Crippen LogP contribution in [0.25, 0.3) is 0 Å². The highest BCUT2D eigenvalue weighted by molar-refractivity contribution is 5.45. The summed E-state index contributed by atoms with van der Waals surface area (Å²) in [5.74, 6) is 0.158. The number of pyridine rings is 2. The van der Waals surface area contributed by atoms with Gasteiger partial charge in [0.2, 0.25) is 0 Å². The molecule has 2 rings (SSSR count). The van der Waals surface area contributed by atoms with Crippen molar-refractivity contribution in [3.8, 4) is 0 Å². The maximum absolute atomic E-state index is 13.0. The molecule has 4 nitrogen and oxygen atoms in total. The number of aromatic nitrogens is 2. The minimum absolute atomic E-state index is 0.228. The fraction of sp³-hybridized carbons (Fsp3) is 0.286. The monoisotopic (exact) mass is 261 g/mol. The van der Waals surface area contributed by atoms with Crippen LogP contribution in [0.15, 0.2) is 36.7 Å². The first kappa shape index (κ1) is 13.4. The highest BCUT2D eigenvalue weighted by atomic mass is 19.1. The molecule has 0 radical (unpaired) electrons. The van der Waals surface area contributed by atoms with Crippen LogP contribution in [0, 0.1) is 5.82 Å². The van der Waals surface area contributed by atoms with Crippen LogP contribution in [-0.2, 0) is 13.0 Å². The van der Waals surface area contributed by atoms with Crippen molar-refractivity contribution in [1.82, 2.24) is 9.97 Å². The highest BCUT2D eigenvalue weighted by Gasteiger charge is 2.10. The number of hydrogen-bond donors (Lipinski definition) is 1. The Kier molecular flexibility index (Phi) is 4.41. The molecule has 0 saturated heterocycles. The van der Waals surface area contributed by atoms with E-state index >= 15 is 0 Å². The van der Waals surface area contributed by atoms with Gasteiger partial charge in [-0.15, -0.1) is 0 Å². The van der Waals surface area contributed by atoms with Gasteiger partial charge < -0.3 is 10.0 Å². The number of anilines is 1. The molecule has 100 valence electrons. The number of halogens is 1. The predicted molar refractivity (Wildman–Crippen MR) is 71.3 cm³/mol. The fourth-order valence-electron chi connectivity index (χ4n) is 1.87. The molecule has 2 aromatic rings. The van der Waals surface area contributed by atoms with E-state index in [1.54, 1.807) is 6.20 Å². The van der Waals surface area contributed by atoms with Gasteiger partial charge in [-0.25, -0.2) is 9.37 Å². The molecule has 0 amide bonds. The van der Waals surface area contributed by atoms with E-state index in [0.29, 0.717) is 17.9 Å². The summed E-state index contributed by atoms with van der Waals surface area (Å²) in [6, 6.07) is 7.08. The zero-order chi connectivity index (χ0) is 13.7. The average Bonchev–Trinajstić information content (AvgIpc) is 2.45. The predicted octanol–water partition coefficient (Wildman–Crippen LogP) is 1.79. The molecule has 0 unspecified atom stereocenters. The summed E-state index contributed by atoms with van der Waals surface area (Å²) in [4.78, 5) is 10.2. The molecule has 0 aromatic carbocycles. The van der Waals surface area contributed by atoms with Crippen molar-refractivity contribution < 1.29 is 9.50 Å². The molecule has 2 aromatic heterocycles. The van der Waals surface area contributed by atoms with Gasteiger partial charge >= 0.3 is 0 Å². The van der Waals surface area contributed by atoms with Gasteiger partial charge in [0.1, 0.15) is 11.6 Å². The van der Waals surface area contributed by atoms with Crippen LogP contribution >= 0.6 is 0 Å². The summed E-state index contributed by atoms with van der Waals surface area (Å²) in [6.45, 7) is 0.469. The maximum Gasteiger partial charge on any atom is 0.142 e. The highest BCUT2D eigenvalue weighted by Crippen LogP contribution is 2.17. The lowest BCUT2D eigenvalue weighted by atomic mass is 10.2. The standard InChI is InChI=1S/C14H16FN3O/c1-18(7-5-13-4-2-3-6-16-13)14-11(10-19)8-12(15)9-17-14/h2-4,6,8-9,19H,5,7,10H2,1H3. The molecule has 0 fully saturated rings. The molecule has 0 spiro atoms. The van der Waals surface area contributed by atoms with E-state index in [9.17, 15) is 9.50 Å². The topological polar surface area (TPSA) is 49.2 Å². The Labute approximate surface area is 111 Å². The molecule has 0 saturated carbocycles. The van der Waals surface area contributed by atoms with Crippen LogP contribution in [0.5, 0.6) is 0 Å². The van der Waals surface area contributed by atoms with Crippen LogP contribution in [0.4, 0.5) is 10.2 Å². The molecular formula is C14H16FN3O. The van der Waals surface area contributed by atoms with E-state index in [1.165, 1.54) is 6.07 Å². The summed E-state index contributed by atoms with van der Waals surface area (Å²) in [6.07, 6.45) is 3.68. The summed E-state index contributed by atoms with van der Waals surface area (Å²) in [7, 11) is 1.86. The van der Waals surface area contributed by atoms with Gasteiger partial charge in [0.15, 0.2) is 0 Å². The first-order valence-corrected chi connectivity index (χ1v) is 6.07. The normalized spacial score (nSPS) is 10.5. The third-order valence-electron chi connectivity index (χ3n) is 2.87. The molecule has 1 N–H and O–H groups in total. The van der Waals surface area contributed by atoms with E-state index in [2.05, 4.69) is 9.97 Å². The second kappa shape index (κ2) is 6.24. The van der Waals surface area contributed by atoms with E-state index in [4.69, 9.17) is 0 Å². The largest absolute Gasteiger partial charge is 0.392 e. The molecule has 0 bridgehead atoms. The molecule has 0 aliphatic rings. The Bertz CT molecular complexity index is 533. The van der Waals surface area contributed by atoms with Crippen molar-refractivity contribution in [3.05, 3.63) is 53.7 Å². The smallest absolute Gasteiger partial charge is 0.142 e. The van der Waals surface area contributed by atoms with E-state index < -0.39 is 5.82 Å². The number of aliphatic hydroxyl groups is 1. The molecule has 0 atom stereocenters. The zero-order valence-corrected chi connectivity index (χ0v) is 10.8. The van der Waals surface area contributed by atoms with Crippen LogP contribution in [0.3, 0.4) is 0 Å². The fourth-order valence-corrected chi connectivity index (χ4v) is 1.87. The Morgan fingerprint density at radius 2 is 2.16 bits per heavy atom. The molecule has 19 heavy (non-hydrogen) atoms. The van der Waals surface area contributed by atoms with E-state index in [-0.39, 0.29) is 6.61 Å². The number of likely N-dealkylation sites (N-methyl/N-ethyl adjacent to an activating group) is 1. The minimum atomic E-state index is -0.439. The van der Waals surface area contributed by atoms with Gasteiger partial charge in [-0.3, -0.25) is 4.98 Å². The molecule has 2 heterocycles. The van der Waals surface area contributed by atoms with Gasteiger partial charge in [0, 0.05) is 37.5 Å². The van der Waals surface area contributed by atoms with Gasteiger partial charge in [0.05, 0.1) is 12.8 Å². The van der Waals surface area contributed by atoms with Gasteiger partial charge in [0.25, 0.3) is 0 Å². The van der Waals surface area contributed by atoms with Crippen molar-refractivity contribution in [2.24, 2.45) is 0 Å². The average molecular weight is 261 g/mol. The summed E-state index contributed by atoms with van der Waals surface area (Å²) < 4.78 is 13.0. The van der Waals surface area contributed by atoms with E-state index in [0.717, 1.165) is 18.3 Å². The van der Waals surface area contributed by atoms with Crippen LogP contribution < -0.4 is 4.90 Å². The van der Waals surface area contributed by atoms with E-state index in [1.807, 2.05) is 30.1 Å². The van der Waals surface area contributed by atoms with Crippen molar-refractivity contribution in [2.75, 3.05) is 18.5 Å². The summed E-state index contributed by atoms with van der Waals surface area (Å²) >= 11 is 0. The summed E-state index contributed by atoms with van der Waals surface area (Å²) in [5.41, 5.74) is 1.48. The van der Waals surface area contributed by atoms with Crippen LogP contribution in [0.1, 0.15) is 11.3 Å². The number of rotatable bonds is 5. The van der Waals surface area contributed by atoms with Gasteiger partial charge in [-0.05, 0) is 18.2 Å². The SMILES string of the molecule is CN(CCc1ccccn1)c1ncc(F)cc1CO. The van der Waals surface area contributed by atoms with Crippen LogP contribution in [0.2, 0.25) is 0 Å². The Morgan fingerprint density at radius 1 is 1.32 bits per heavy atom. The molecule has 0 aliphatic carbocycles. The quantitative estimate of drug-likeness (QED) is 0.891. The van der Waals surface area contributed by atoms with Crippen molar-refractivity contribution in [1.29, 1.82) is 0 Å². The van der Waals surface area contributed by atoms with Crippen molar-refractivity contribution >= 4 is 5.82 Å². The lowest BCUT2D eigenvalue weighted by Crippen LogP contribution is -2.23. The molecular weight excluding hydrogens is 245 g/mol. The number of aliphatic hydroxyl groups excluding tert-OH is 1. The van der Waals surface area contributed by atoms with Gasteiger partial charge in [-0.2, -0.15) is 0 Å². The third-order valence-corrected chi connectivity index (χ3v) is 2.87. The number of nitrogens with zero attached hydrogens (tertiary/aromatic N) is 3. The molecule has 0 aliphatic heterocycles. The second-order valence-corrected chi connectivity index (χ2v) is 4.29. The second-order valence-electron chi connectivity index (χ2n) is 4.29. The first-order chi connectivity index (χ1) is 9.20. The first-order valence-electron chi connectivity index (χ1n) is 6.07. The van der Waals surface area contributed by atoms with Crippen molar-refractivity contribution in [3.63, 3.8) is 0 Å². The Balaban J connectivity index is 2.05. The molecule has 5 heteroatoms. The lowest BCUT2D eigenvalue weighted by Gasteiger charge is -2.20. The Hall–Kier alpha value is -2.01. The van der Waals surface area contributed by atoms with Crippen molar-refractivity contribution in [2.45, 2.75) is 13.0 Å². The van der Waals surface area contributed by atoms with Gasteiger partial charge in [-0.1, -0.05) is 6.07 Å². The minimum Gasteiger partial charge on any atom is -0.392 e. The van der Waals surface area contributed by atoms with Crippen LogP contribution in [-0.4, -0.2) is 28.7 Å². The Morgan fingerprint density at radius 3 is 2.84 bits per heavy atom.